The first-order chi connectivity index (χ1) is 14.0. The molecule has 3 rings (SSSR count). The molecule has 30 heavy (non-hydrogen) atoms. The number of methoxy groups -OCH3 is 1. The van der Waals surface area contributed by atoms with Gasteiger partial charge in [0.2, 0.25) is 0 Å². The molecule has 2 aromatic rings. The number of hydrogen-bond acceptors (Lipinski definition) is 4. The quantitative estimate of drug-likeness (QED) is 0.736. The van der Waals surface area contributed by atoms with Crippen LogP contribution in [0.2, 0.25) is 0 Å². The second-order valence-corrected chi connectivity index (χ2v) is 9.12. The Hall–Kier alpha value is -2.86. The Labute approximate surface area is 178 Å². The summed E-state index contributed by atoms with van der Waals surface area (Å²) in [7, 11) is 3.48. The van der Waals surface area contributed by atoms with Crippen LogP contribution in [0.4, 0.5) is 4.79 Å². The Kier molecular flexibility index (Phi) is 5.90. The zero-order chi connectivity index (χ0) is 22.1. The summed E-state index contributed by atoms with van der Waals surface area (Å²) in [6, 6.07) is 15.3. The van der Waals surface area contributed by atoms with E-state index in [1.165, 1.54) is 10.5 Å². The Balaban J connectivity index is 1.70. The van der Waals surface area contributed by atoms with E-state index in [1.807, 2.05) is 30.1 Å². The summed E-state index contributed by atoms with van der Waals surface area (Å²) in [6.45, 7) is 9.14. The van der Waals surface area contributed by atoms with Gasteiger partial charge in [-0.25, -0.2) is 9.69 Å². The van der Waals surface area contributed by atoms with Gasteiger partial charge in [-0.1, -0.05) is 57.2 Å². The summed E-state index contributed by atoms with van der Waals surface area (Å²) >= 11 is 0. The minimum atomic E-state index is -1.11. The number of nitrogens with zero attached hydrogens (tertiary/aromatic N) is 2. The third-order valence-corrected chi connectivity index (χ3v) is 5.58. The molecule has 1 saturated heterocycles. The van der Waals surface area contributed by atoms with Gasteiger partial charge in [0.1, 0.15) is 11.3 Å². The molecule has 0 bridgehead atoms. The number of amides is 3. The van der Waals surface area contributed by atoms with E-state index in [0.29, 0.717) is 17.9 Å². The van der Waals surface area contributed by atoms with Gasteiger partial charge in [-0.3, -0.25) is 9.69 Å². The highest BCUT2D eigenvalue weighted by Gasteiger charge is 2.49. The number of carbonyl (C=O) groups excluding carboxylic acids is 2. The average Bonchev–Trinajstić information content (AvgIpc) is 2.92. The van der Waals surface area contributed by atoms with Gasteiger partial charge in [0.15, 0.2) is 0 Å². The molecule has 1 heterocycles. The summed E-state index contributed by atoms with van der Waals surface area (Å²) in [5.74, 6) is 0.376. The summed E-state index contributed by atoms with van der Waals surface area (Å²) in [4.78, 5) is 29.0. The third-order valence-electron chi connectivity index (χ3n) is 5.58. The summed E-state index contributed by atoms with van der Waals surface area (Å²) < 4.78 is 5.26. The van der Waals surface area contributed by atoms with E-state index in [-0.39, 0.29) is 24.0 Å². The second-order valence-electron chi connectivity index (χ2n) is 9.12. The van der Waals surface area contributed by atoms with Gasteiger partial charge in [-0.2, -0.15) is 0 Å². The molecule has 1 fully saturated rings. The predicted molar refractivity (Wildman–Crippen MR) is 117 cm³/mol. The lowest BCUT2D eigenvalue weighted by molar-refractivity contribution is -0.132. The van der Waals surface area contributed by atoms with Crippen LogP contribution in [0.1, 0.15) is 44.4 Å². The van der Waals surface area contributed by atoms with Crippen LogP contribution in [0.3, 0.4) is 0 Å². The van der Waals surface area contributed by atoms with Crippen LogP contribution < -0.4 is 10.1 Å². The van der Waals surface area contributed by atoms with E-state index in [9.17, 15) is 9.59 Å². The predicted octanol–water partition coefficient (Wildman–Crippen LogP) is 3.85. The maximum Gasteiger partial charge on any atom is 0.326 e. The molecule has 1 N–H and O–H groups in total. The van der Waals surface area contributed by atoms with Crippen LogP contribution in [0.15, 0.2) is 48.5 Å². The molecule has 2 aromatic carbocycles. The Bertz CT molecular complexity index is 933. The van der Waals surface area contributed by atoms with E-state index in [1.54, 1.807) is 20.1 Å². The lowest BCUT2D eigenvalue weighted by Gasteiger charge is -2.25. The van der Waals surface area contributed by atoms with Crippen LogP contribution in [0.25, 0.3) is 0 Å². The molecule has 1 atom stereocenters. The molecule has 0 unspecified atom stereocenters. The number of ether oxygens (including phenoxy) is 1. The van der Waals surface area contributed by atoms with Crippen molar-refractivity contribution in [2.24, 2.45) is 0 Å². The highest BCUT2D eigenvalue weighted by atomic mass is 16.5. The molecule has 0 spiro atoms. The smallest absolute Gasteiger partial charge is 0.326 e. The highest BCUT2D eigenvalue weighted by molar-refractivity contribution is 6.07. The first-order valence-corrected chi connectivity index (χ1v) is 10.1. The van der Waals surface area contributed by atoms with Crippen LogP contribution in [-0.4, -0.2) is 42.6 Å². The van der Waals surface area contributed by atoms with Crippen molar-refractivity contribution in [1.29, 1.82) is 0 Å². The SMILES string of the molecule is COc1cccc([C@]2(C)NC(=O)N(CN(C)Cc3ccc(C(C)(C)C)cc3)C2=O)c1. The van der Waals surface area contributed by atoms with Crippen molar-refractivity contribution in [3.05, 3.63) is 65.2 Å². The summed E-state index contributed by atoms with van der Waals surface area (Å²) in [5.41, 5.74) is 2.10. The van der Waals surface area contributed by atoms with Crippen molar-refractivity contribution in [3.8, 4) is 5.75 Å². The fourth-order valence-corrected chi connectivity index (χ4v) is 3.67. The van der Waals surface area contributed by atoms with Crippen molar-refractivity contribution in [1.82, 2.24) is 15.1 Å². The van der Waals surface area contributed by atoms with Crippen LogP contribution >= 0.6 is 0 Å². The zero-order valence-corrected chi connectivity index (χ0v) is 18.7. The molecule has 0 aliphatic carbocycles. The maximum atomic E-state index is 13.2. The molecule has 6 heteroatoms. The van der Waals surface area contributed by atoms with Crippen molar-refractivity contribution in [2.75, 3.05) is 20.8 Å². The third kappa shape index (κ3) is 4.33. The highest BCUT2D eigenvalue weighted by Crippen LogP contribution is 2.31. The molecule has 6 nitrogen and oxygen atoms in total. The first kappa shape index (κ1) is 21.8. The molecular weight excluding hydrogens is 378 g/mol. The molecule has 0 aromatic heterocycles. The van der Waals surface area contributed by atoms with Gasteiger partial charge in [-0.15, -0.1) is 0 Å². The van der Waals surface area contributed by atoms with E-state index in [0.717, 1.165) is 5.56 Å². The second kappa shape index (κ2) is 8.11. The van der Waals surface area contributed by atoms with Gasteiger partial charge < -0.3 is 10.1 Å². The van der Waals surface area contributed by atoms with E-state index >= 15 is 0 Å². The minimum absolute atomic E-state index is 0.106. The molecule has 3 amide bonds. The number of rotatable bonds is 6. The van der Waals surface area contributed by atoms with Gasteiger partial charge in [0.05, 0.1) is 13.8 Å². The Morgan fingerprint density at radius 2 is 1.77 bits per heavy atom. The number of nitrogens with one attached hydrogen (secondary N) is 1. The van der Waals surface area contributed by atoms with E-state index < -0.39 is 5.54 Å². The lowest BCUT2D eigenvalue weighted by atomic mass is 9.87. The lowest BCUT2D eigenvalue weighted by Crippen LogP contribution is -2.42. The van der Waals surface area contributed by atoms with Crippen molar-refractivity contribution in [2.45, 2.75) is 45.2 Å². The standard InChI is InChI=1S/C24H31N3O3/c1-23(2,3)18-12-10-17(11-13-18)15-26(5)16-27-21(28)24(4,25-22(27)29)19-8-7-9-20(14-19)30-6/h7-14H,15-16H2,1-6H3,(H,25,29)/t24-/m0/s1. The molecule has 1 aliphatic heterocycles. The van der Waals surface area contributed by atoms with Gasteiger partial charge in [0.25, 0.3) is 5.91 Å². The fraction of sp³-hybridized carbons (Fsp3) is 0.417. The largest absolute Gasteiger partial charge is 0.497 e. The maximum absolute atomic E-state index is 13.2. The fourth-order valence-electron chi connectivity index (χ4n) is 3.67. The van der Waals surface area contributed by atoms with Crippen molar-refractivity contribution >= 4 is 11.9 Å². The first-order valence-electron chi connectivity index (χ1n) is 10.1. The topological polar surface area (TPSA) is 61.9 Å². The molecule has 1 aliphatic rings. The summed E-state index contributed by atoms with van der Waals surface area (Å²) in [6.07, 6.45) is 0. The van der Waals surface area contributed by atoms with Crippen molar-refractivity contribution < 1.29 is 14.3 Å². The summed E-state index contributed by atoms with van der Waals surface area (Å²) in [5, 5.41) is 2.85. The molecule has 0 radical (unpaired) electrons. The Morgan fingerprint density at radius 3 is 2.37 bits per heavy atom. The van der Waals surface area contributed by atoms with Crippen molar-refractivity contribution in [3.63, 3.8) is 0 Å². The minimum Gasteiger partial charge on any atom is -0.497 e. The van der Waals surface area contributed by atoms with Crippen LogP contribution in [0, 0.1) is 0 Å². The van der Waals surface area contributed by atoms with Gasteiger partial charge >= 0.3 is 6.03 Å². The normalized spacial score (nSPS) is 19.4. The van der Waals surface area contributed by atoms with Crippen LogP contribution in [0.5, 0.6) is 5.75 Å². The number of urea groups is 1. The number of benzene rings is 2. The molecular formula is C24H31N3O3. The zero-order valence-electron chi connectivity index (χ0n) is 18.7. The van der Waals surface area contributed by atoms with E-state index in [2.05, 4.69) is 50.4 Å². The van der Waals surface area contributed by atoms with E-state index in [4.69, 9.17) is 4.74 Å². The average molecular weight is 410 g/mol. The molecule has 160 valence electrons. The van der Waals surface area contributed by atoms with Gasteiger partial charge in [-0.05, 0) is 48.2 Å². The number of hydrogen-bond donors (Lipinski definition) is 1. The van der Waals surface area contributed by atoms with Gasteiger partial charge in [0, 0.05) is 6.54 Å². The monoisotopic (exact) mass is 409 g/mol. The number of imide groups is 1. The number of carbonyl (C=O) groups is 2. The Morgan fingerprint density at radius 1 is 1.10 bits per heavy atom. The molecule has 0 saturated carbocycles. The van der Waals surface area contributed by atoms with Crippen LogP contribution in [-0.2, 0) is 22.3 Å².